The van der Waals surface area contributed by atoms with Gasteiger partial charge in [-0.1, -0.05) is 12.1 Å². The predicted molar refractivity (Wildman–Crippen MR) is 109 cm³/mol. The van der Waals surface area contributed by atoms with Crippen LogP contribution in [0.15, 0.2) is 42.9 Å². The lowest BCUT2D eigenvalue weighted by Gasteiger charge is -2.31. The molecule has 2 aliphatic heterocycles. The minimum Gasteiger partial charge on any atom is -0.393 e. The lowest BCUT2D eigenvalue weighted by atomic mass is 10.1. The maximum absolute atomic E-state index is 9.84. The molecule has 2 aliphatic rings. The lowest BCUT2D eigenvalue weighted by Crippen LogP contribution is -2.37. The van der Waals surface area contributed by atoms with Crippen molar-refractivity contribution in [3.05, 3.63) is 42.9 Å². The fraction of sp³-hybridized carbons (Fsp3) is 0.429. The Bertz CT molecular complexity index is 941. The smallest absolute Gasteiger partial charge is 0.157 e. The summed E-state index contributed by atoms with van der Waals surface area (Å²) in [6.07, 6.45) is 7.00. The summed E-state index contributed by atoms with van der Waals surface area (Å²) in [5.74, 6) is 1.04. The van der Waals surface area contributed by atoms with Crippen molar-refractivity contribution in [2.45, 2.75) is 18.9 Å². The molecule has 5 rings (SSSR count). The van der Waals surface area contributed by atoms with Gasteiger partial charge in [0.2, 0.25) is 0 Å². The van der Waals surface area contributed by atoms with E-state index in [1.54, 1.807) is 6.20 Å². The van der Waals surface area contributed by atoms with Gasteiger partial charge in [0.05, 0.1) is 43.6 Å². The summed E-state index contributed by atoms with van der Waals surface area (Å²) in [6, 6.07) is 8.69. The molecule has 0 unspecified atom stereocenters. The third-order valence-electron chi connectivity index (χ3n) is 5.73. The van der Waals surface area contributed by atoms with Crippen LogP contribution in [0, 0.1) is 0 Å². The first-order valence-corrected chi connectivity index (χ1v) is 9.97. The number of nitrogens with zero attached hydrogens (tertiary/aromatic N) is 5. The van der Waals surface area contributed by atoms with Crippen LogP contribution >= 0.6 is 0 Å². The number of imidazole rings is 1. The van der Waals surface area contributed by atoms with Crippen LogP contribution in [0.4, 0.5) is 11.5 Å². The summed E-state index contributed by atoms with van der Waals surface area (Å²) in [4.78, 5) is 13.6. The standard InChI is InChI=1S/C21H25N5O2/c27-18-5-7-25(8-6-18)21-15-22-14-20-23-13-19(26(20)21)16-1-3-17(4-2-16)24-9-11-28-12-10-24/h1-4,13-15,18,27H,5-12H2. The average molecular weight is 379 g/mol. The van der Waals surface area contributed by atoms with E-state index in [0.717, 1.165) is 75.0 Å². The largest absolute Gasteiger partial charge is 0.393 e. The number of morpholine rings is 1. The second kappa shape index (κ2) is 7.41. The minimum atomic E-state index is -0.196. The zero-order valence-electron chi connectivity index (χ0n) is 15.9. The van der Waals surface area contributed by atoms with Crippen LogP contribution in [0.3, 0.4) is 0 Å². The average Bonchev–Trinajstić information content (AvgIpc) is 3.19. The van der Waals surface area contributed by atoms with E-state index in [1.165, 1.54) is 5.69 Å². The second-order valence-corrected chi connectivity index (χ2v) is 7.47. The van der Waals surface area contributed by atoms with Gasteiger partial charge in [-0.25, -0.2) is 4.98 Å². The molecule has 0 radical (unpaired) electrons. The van der Waals surface area contributed by atoms with Crippen molar-refractivity contribution in [1.29, 1.82) is 0 Å². The highest BCUT2D eigenvalue weighted by atomic mass is 16.5. The van der Waals surface area contributed by atoms with Crippen LogP contribution in [0.25, 0.3) is 16.9 Å². The van der Waals surface area contributed by atoms with E-state index in [0.29, 0.717) is 0 Å². The Morgan fingerprint density at radius 1 is 0.893 bits per heavy atom. The molecule has 2 fully saturated rings. The molecule has 7 nitrogen and oxygen atoms in total. The van der Waals surface area contributed by atoms with Gasteiger partial charge in [-0.15, -0.1) is 0 Å². The molecule has 146 valence electrons. The molecule has 0 amide bonds. The fourth-order valence-corrected chi connectivity index (χ4v) is 4.11. The molecule has 4 heterocycles. The molecule has 2 saturated heterocycles. The monoisotopic (exact) mass is 379 g/mol. The first-order valence-electron chi connectivity index (χ1n) is 9.97. The number of anilines is 2. The third-order valence-corrected chi connectivity index (χ3v) is 5.73. The second-order valence-electron chi connectivity index (χ2n) is 7.47. The summed E-state index contributed by atoms with van der Waals surface area (Å²) in [5, 5.41) is 9.84. The first kappa shape index (κ1) is 17.5. The van der Waals surface area contributed by atoms with E-state index in [-0.39, 0.29) is 6.10 Å². The normalized spacial score (nSPS) is 18.8. The van der Waals surface area contributed by atoms with Gasteiger partial charge in [-0.05, 0) is 25.0 Å². The molecule has 0 spiro atoms. The number of benzene rings is 1. The molecule has 2 aromatic heterocycles. The summed E-state index contributed by atoms with van der Waals surface area (Å²) in [5.41, 5.74) is 4.27. The first-order chi connectivity index (χ1) is 13.8. The van der Waals surface area contributed by atoms with E-state index in [9.17, 15) is 5.11 Å². The highest BCUT2D eigenvalue weighted by molar-refractivity contribution is 5.69. The number of rotatable bonds is 3. The maximum atomic E-state index is 9.84. The van der Waals surface area contributed by atoms with Crippen molar-refractivity contribution in [3.63, 3.8) is 0 Å². The van der Waals surface area contributed by atoms with Gasteiger partial charge in [0.1, 0.15) is 5.82 Å². The molecule has 0 atom stereocenters. The Morgan fingerprint density at radius 3 is 2.39 bits per heavy atom. The van der Waals surface area contributed by atoms with Gasteiger partial charge < -0.3 is 19.6 Å². The highest BCUT2D eigenvalue weighted by Gasteiger charge is 2.21. The summed E-state index contributed by atoms with van der Waals surface area (Å²) < 4.78 is 7.62. The van der Waals surface area contributed by atoms with Crippen molar-refractivity contribution in [2.75, 3.05) is 49.2 Å². The zero-order valence-corrected chi connectivity index (χ0v) is 15.9. The Balaban J connectivity index is 1.49. The Hall–Kier alpha value is -2.64. The summed E-state index contributed by atoms with van der Waals surface area (Å²) >= 11 is 0. The number of aliphatic hydroxyl groups is 1. The van der Waals surface area contributed by atoms with Gasteiger partial charge >= 0.3 is 0 Å². The van der Waals surface area contributed by atoms with Crippen LogP contribution in [0.1, 0.15) is 12.8 Å². The van der Waals surface area contributed by atoms with Crippen molar-refractivity contribution in [1.82, 2.24) is 14.4 Å². The number of aromatic nitrogens is 3. The van der Waals surface area contributed by atoms with Crippen LogP contribution < -0.4 is 9.80 Å². The van der Waals surface area contributed by atoms with Crippen molar-refractivity contribution >= 4 is 17.2 Å². The Morgan fingerprint density at radius 2 is 1.64 bits per heavy atom. The van der Waals surface area contributed by atoms with Crippen molar-refractivity contribution in [2.24, 2.45) is 0 Å². The molecule has 0 aliphatic carbocycles. The summed E-state index contributed by atoms with van der Waals surface area (Å²) in [6.45, 7) is 5.11. The van der Waals surface area contributed by atoms with E-state index in [1.807, 2.05) is 12.4 Å². The fourth-order valence-electron chi connectivity index (χ4n) is 4.11. The Kier molecular flexibility index (Phi) is 4.62. The van der Waals surface area contributed by atoms with Gasteiger partial charge in [0.25, 0.3) is 0 Å². The molecule has 7 heteroatoms. The minimum absolute atomic E-state index is 0.196. The van der Waals surface area contributed by atoms with E-state index >= 15 is 0 Å². The number of fused-ring (bicyclic) bond motifs is 1. The zero-order chi connectivity index (χ0) is 18.9. The number of ether oxygens (including phenoxy) is 1. The summed E-state index contributed by atoms with van der Waals surface area (Å²) in [7, 11) is 0. The predicted octanol–water partition coefficient (Wildman–Crippen LogP) is 2.19. The molecule has 28 heavy (non-hydrogen) atoms. The number of hydrogen-bond acceptors (Lipinski definition) is 6. The molecular weight excluding hydrogens is 354 g/mol. The van der Waals surface area contributed by atoms with Crippen LogP contribution in [0.5, 0.6) is 0 Å². The molecule has 0 saturated carbocycles. The van der Waals surface area contributed by atoms with Crippen LogP contribution in [-0.2, 0) is 4.74 Å². The SMILES string of the molecule is OC1CCN(c2cncc3ncc(-c4ccc(N5CCOCC5)cc4)n23)CC1. The molecule has 1 N–H and O–H groups in total. The highest BCUT2D eigenvalue weighted by Crippen LogP contribution is 2.29. The molecule has 0 bridgehead atoms. The van der Waals surface area contributed by atoms with Gasteiger partial charge in [0, 0.05) is 37.4 Å². The quantitative estimate of drug-likeness (QED) is 0.753. The molecule has 3 aromatic rings. The Labute approximate surface area is 164 Å². The van der Waals surface area contributed by atoms with Crippen molar-refractivity contribution < 1.29 is 9.84 Å². The van der Waals surface area contributed by atoms with E-state index in [4.69, 9.17) is 4.74 Å². The van der Waals surface area contributed by atoms with Gasteiger partial charge in [-0.3, -0.25) is 9.38 Å². The van der Waals surface area contributed by atoms with Gasteiger partial charge in [0.15, 0.2) is 5.65 Å². The van der Waals surface area contributed by atoms with Crippen LogP contribution in [-0.4, -0.2) is 65.0 Å². The number of aliphatic hydroxyl groups excluding tert-OH is 1. The topological polar surface area (TPSA) is 66.1 Å². The third kappa shape index (κ3) is 3.21. The maximum Gasteiger partial charge on any atom is 0.157 e. The van der Waals surface area contributed by atoms with E-state index in [2.05, 4.69) is 48.4 Å². The van der Waals surface area contributed by atoms with E-state index < -0.39 is 0 Å². The lowest BCUT2D eigenvalue weighted by molar-refractivity contribution is 0.122. The number of piperidine rings is 1. The van der Waals surface area contributed by atoms with Crippen molar-refractivity contribution in [3.8, 4) is 11.3 Å². The van der Waals surface area contributed by atoms with Gasteiger partial charge in [-0.2, -0.15) is 0 Å². The van der Waals surface area contributed by atoms with Crippen LogP contribution in [0.2, 0.25) is 0 Å². The molecular formula is C21H25N5O2. The molecule has 1 aromatic carbocycles. The number of hydrogen-bond donors (Lipinski definition) is 1.